The number of carbonyl (C=O) groups excluding carboxylic acids is 1. The van der Waals surface area contributed by atoms with E-state index in [1.54, 1.807) is 0 Å². The summed E-state index contributed by atoms with van der Waals surface area (Å²) in [6.45, 7) is 8.22. The van der Waals surface area contributed by atoms with E-state index in [2.05, 4.69) is 34.3 Å². The van der Waals surface area contributed by atoms with Crippen LogP contribution >= 0.6 is 0 Å². The number of carbonyl (C=O) groups is 1. The number of rotatable bonds is 6. The Bertz CT molecular complexity index is 1010. The van der Waals surface area contributed by atoms with E-state index in [0.29, 0.717) is 13.1 Å². The first kappa shape index (κ1) is 20.3. The maximum absolute atomic E-state index is 12.8. The van der Waals surface area contributed by atoms with Crippen LogP contribution in [-0.4, -0.2) is 35.1 Å². The number of anilines is 1. The van der Waals surface area contributed by atoms with Gasteiger partial charge in [0, 0.05) is 19.6 Å². The normalized spacial score (nSPS) is 16.8. The van der Waals surface area contributed by atoms with Gasteiger partial charge < -0.3 is 19.9 Å². The fraction of sp³-hybridized carbons (Fsp3) is 0.417. The number of H-pyrrole nitrogens is 1. The van der Waals surface area contributed by atoms with E-state index < -0.39 is 0 Å². The second kappa shape index (κ2) is 8.78. The van der Waals surface area contributed by atoms with Gasteiger partial charge in [-0.2, -0.15) is 0 Å². The first-order valence-electron chi connectivity index (χ1n) is 10.7. The third kappa shape index (κ3) is 4.75. The summed E-state index contributed by atoms with van der Waals surface area (Å²) in [4.78, 5) is 23.1. The number of nitrogens with zero attached hydrogens (tertiary/aromatic N) is 2. The number of hydrogen-bond acceptors (Lipinski definition) is 4. The summed E-state index contributed by atoms with van der Waals surface area (Å²) < 4.78 is 5.67. The van der Waals surface area contributed by atoms with Gasteiger partial charge in [-0.1, -0.05) is 18.2 Å². The van der Waals surface area contributed by atoms with E-state index in [1.165, 1.54) is 5.56 Å². The van der Waals surface area contributed by atoms with Crippen molar-refractivity contribution in [2.75, 3.05) is 18.0 Å². The zero-order valence-electron chi connectivity index (χ0n) is 17.9. The second-order valence-corrected chi connectivity index (χ2v) is 8.39. The monoisotopic (exact) mass is 406 g/mol. The quantitative estimate of drug-likeness (QED) is 0.644. The van der Waals surface area contributed by atoms with Crippen LogP contribution in [0.1, 0.15) is 37.8 Å². The lowest BCUT2D eigenvalue weighted by atomic mass is 9.97. The Morgan fingerprint density at radius 3 is 2.83 bits per heavy atom. The number of aromatic nitrogens is 2. The van der Waals surface area contributed by atoms with Gasteiger partial charge in [-0.15, -0.1) is 0 Å². The summed E-state index contributed by atoms with van der Waals surface area (Å²) in [7, 11) is 0. The number of ether oxygens (including phenoxy) is 1. The van der Waals surface area contributed by atoms with Crippen LogP contribution < -0.4 is 15.0 Å². The van der Waals surface area contributed by atoms with Crippen molar-refractivity contribution in [1.29, 1.82) is 0 Å². The zero-order chi connectivity index (χ0) is 21.1. The van der Waals surface area contributed by atoms with Gasteiger partial charge >= 0.3 is 0 Å². The van der Waals surface area contributed by atoms with E-state index in [0.717, 1.165) is 47.7 Å². The van der Waals surface area contributed by atoms with Crippen molar-refractivity contribution in [3.8, 4) is 5.75 Å². The van der Waals surface area contributed by atoms with Crippen LogP contribution in [0.4, 0.5) is 5.95 Å². The molecule has 1 aliphatic rings. The van der Waals surface area contributed by atoms with Gasteiger partial charge in [-0.25, -0.2) is 4.98 Å². The van der Waals surface area contributed by atoms with Crippen LogP contribution in [0.5, 0.6) is 5.75 Å². The van der Waals surface area contributed by atoms with E-state index >= 15 is 0 Å². The van der Waals surface area contributed by atoms with Gasteiger partial charge in [0.15, 0.2) is 0 Å². The summed E-state index contributed by atoms with van der Waals surface area (Å²) >= 11 is 0. The fourth-order valence-electron chi connectivity index (χ4n) is 3.93. The van der Waals surface area contributed by atoms with Crippen molar-refractivity contribution in [3.63, 3.8) is 0 Å². The van der Waals surface area contributed by atoms with Crippen LogP contribution in [0.15, 0.2) is 42.5 Å². The van der Waals surface area contributed by atoms with Crippen LogP contribution in [0.2, 0.25) is 0 Å². The molecule has 2 heterocycles. The van der Waals surface area contributed by atoms with Crippen molar-refractivity contribution in [1.82, 2.24) is 15.3 Å². The number of fused-ring (bicyclic) bond motifs is 1. The van der Waals surface area contributed by atoms with Crippen LogP contribution in [0, 0.1) is 12.8 Å². The summed E-state index contributed by atoms with van der Waals surface area (Å²) in [5.74, 6) is 1.78. The molecule has 0 saturated carbocycles. The minimum absolute atomic E-state index is 0.0303. The highest BCUT2D eigenvalue weighted by molar-refractivity contribution is 5.80. The Labute approximate surface area is 177 Å². The van der Waals surface area contributed by atoms with Gasteiger partial charge in [0.25, 0.3) is 0 Å². The van der Waals surface area contributed by atoms with Gasteiger partial charge in [0.05, 0.1) is 23.1 Å². The number of aryl methyl sites for hydroxylation is 1. The number of amides is 1. The minimum Gasteiger partial charge on any atom is -0.491 e. The zero-order valence-corrected chi connectivity index (χ0v) is 17.9. The van der Waals surface area contributed by atoms with E-state index in [-0.39, 0.29) is 17.9 Å². The Morgan fingerprint density at radius 2 is 2.07 bits per heavy atom. The topological polar surface area (TPSA) is 70.2 Å². The molecule has 0 bridgehead atoms. The Hall–Kier alpha value is -3.02. The molecule has 1 aromatic heterocycles. The van der Waals surface area contributed by atoms with Crippen molar-refractivity contribution in [2.24, 2.45) is 5.92 Å². The molecule has 1 aliphatic heterocycles. The lowest BCUT2D eigenvalue weighted by molar-refractivity contribution is -0.125. The molecular weight excluding hydrogens is 376 g/mol. The molecule has 3 aromatic rings. The van der Waals surface area contributed by atoms with Crippen molar-refractivity contribution in [2.45, 2.75) is 46.3 Å². The second-order valence-electron chi connectivity index (χ2n) is 8.39. The first-order chi connectivity index (χ1) is 14.5. The standard InChI is InChI=1S/C24H30N4O2/c1-16(2)30-20-9-7-18(8-10-20)14-25-23(29)19-5-4-12-28(15-19)24-26-21-11-6-17(3)13-22(21)27-24/h6-11,13,16,19H,4-5,12,14-15H2,1-3H3,(H,25,29)(H,26,27)/t19-/m0/s1. The smallest absolute Gasteiger partial charge is 0.225 e. The molecule has 0 aliphatic carbocycles. The molecule has 30 heavy (non-hydrogen) atoms. The molecule has 158 valence electrons. The number of nitrogens with one attached hydrogen (secondary N) is 2. The molecule has 4 rings (SSSR count). The number of hydrogen-bond donors (Lipinski definition) is 2. The van der Waals surface area contributed by atoms with Crippen molar-refractivity contribution in [3.05, 3.63) is 53.6 Å². The lowest BCUT2D eigenvalue weighted by Gasteiger charge is -2.31. The minimum atomic E-state index is -0.0303. The van der Waals surface area contributed by atoms with Crippen LogP contribution in [0.3, 0.4) is 0 Å². The third-order valence-corrected chi connectivity index (χ3v) is 5.48. The largest absolute Gasteiger partial charge is 0.491 e. The van der Waals surface area contributed by atoms with Crippen molar-refractivity contribution < 1.29 is 9.53 Å². The SMILES string of the molecule is Cc1ccc2nc(N3CCC[C@H](C(=O)NCc4ccc(OC(C)C)cc4)C3)[nH]c2c1. The van der Waals surface area contributed by atoms with E-state index in [9.17, 15) is 4.79 Å². The predicted molar refractivity (Wildman–Crippen MR) is 120 cm³/mol. The highest BCUT2D eigenvalue weighted by Crippen LogP contribution is 2.24. The molecule has 2 N–H and O–H groups in total. The molecule has 1 amide bonds. The predicted octanol–water partition coefficient (Wildman–Crippen LogP) is 4.19. The van der Waals surface area contributed by atoms with Gasteiger partial charge in [0.2, 0.25) is 11.9 Å². The highest BCUT2D eigenvalue weighted by Gasteiger charge is 2.27. The summed E-state index contributed by atoms with van der Waals surface area (Å²) in [5, 5.41) is 3.10. The number of imidazole rings is 1. The molecule has 1 fully saturated rings. The molecule has 0 radical (unpaired) electrons. The number of benzene rings is 2. The highest BCUT2D eigenvalue weighted by atomic mass is 16.5. The average molecular weight is 407 g/mol. The molecule has 6 nitrogen and oxygen atoms in total. The molecule has 1 saturated heterocycles. The molecule has 1 atom stereocenters. The molecule has 6 heteroatoms. The summed E-state index contributed by atoms with van der Waals surface area (Å²) in [6, 6.07) is 14.1. The average Bonchev–Trinajstić information content (AvgIpc) is 3.16. The van der Waals surface area contributed by atoms with Gasteiger partial charge in [0.1, 0.15) is 5.75 Å². The Morgan fingerprint density at radius 1 is 1.27 bits per heavy atom. The lowest BCUT2D eigenvalue weighted by Crippen LogP contribution is -2.43. The van der Waals surface area contributed by atoms with Gasteiger partial charge in [-0.3, -0.25) is 4.79 Å². The Balaban J connectivity index is 1.35. The first-order valence-corrected chi connectivity index (χ1v) is 10.7. The molecule has 0 unspecified atom stereocenters. The number of aromatic amines is 1. The molecular formula is C24H30N4O2. The van der Waals surface area contributed by atoms with Crippen LogP contribution in [-0.2, 0) is 11.3 Å². The fourth-order valence-corrected chi connectivity index (χ4v) is 3.93. The molecule has 2 aromatic carbocycles. The van der Waals surface area contributed by atoms with Crippen LogP contribution in [0.25, 0.3) is 11.0 Å². The third-order valence-electron chi connectivity index (χ3n) is 5.48. The van der Waals surface area contributed by atoms with Gasteiger partial charge in [-0.05, 0) is 69.0 Å². The Kier molecular flexibility index (Phi) is 5.93. The molecule has 0 spiro atoms. The van der Waals surface area contributed by atoms with Crippen molar-refractivity contribution >= 4 is 22.9 Å². The summed E-state index contributed by atoms with van der Waals surface area (Å²) in [6.07, 6.45) is 2.04. The van der Waals surface area contributed by atoms with E-state index in [1.807, 2.05) is 44.2 Å². The number of piperidine rings is 1. The summed E-state index contributed by atoms with van der Waals surface area (Å²) in [5.41, 5.74) is 4.28. The maximum Gasteiger partial charge on any atom is 0.225 e. The maximum atomic E-state index is 12.8. The van der Waals surface area contributed by atoms with E-state index in [4.69, 9.17) is 9.72 Å².